The SMILES string of the molecule is O=C1CC(C(=O)N2CC=C(c3cccs3)CC2)c2ccccc2N1. The van der Waals surface area contributed by atoms with E-state index in [1.165, 1.54) is 10.5 Å². The highest BCUT2D eigenvalue weighted by atomic mass is 32.1. The topological polar surface area (TPSA) is 49.4 Å². The lowest BCUT2D eigenvalue weighted by Gasteiger charge is -2.32. The number of thiophene rings is 1. The summed E-state index contributed by atoms with van der Waals surface area (Å²) in [6.07, 6.45) is 3.24. The van der Waals surface area contributed by atoms with E-state index in [0.29, 0.717) is 13.1 Å². The highest BCUT2D eigenvalue weighted by molar-refractivity contribution is 7.11. The second-order valence-corrected chi connectivity index (χ2v) is 7.08. The zero-order valence-electron chi connectivity index (χ0n) is 13.2. The van der Waals surface area contributed by atoms with E-state index < -0.39 is 0 Å². The Hall–Kier alpha value is -2.40. The molecular formula is C19H18N2O2S. The van der Waals surface area contributed by atoms with Crippen molar-refractivity contribution >= 4 is 34.4 Å². The quantitative estimate of drug-likeness (QED) is 0.911. The molecule has 4 nitrogen and oxygen atoms in total. The minimum Gasteiger partial charge on any atom is -0.338 e. The Labute approximate surface area is 144 Å². The molecule has 0 spiro atoms. The van der Waals surface area contributed by atoms with Crippen LogP contribution >= 0.6 is 11.3 Å². The molecule has 1 aromatic carbocycles. The molecule has 0 fully saturated rings. The molecule has 2 aromatic rings. The lowest BCUT2D eigenvalue weighted by Crippen LogP contribution is -2.40. The van der Waals surface area contributed by atoms with Crippen LogP contribution in [0.5, 0.6) is 0 Å². The van der Waals surface area contributed by atoms with Gasteiger partial charge in [0.05, 0.1) is 5.92 Å². The predicted molar refractivity (Wildman–Crippen MR) is 95.9 cm³/mol. The van der Waals surface area contributed by atoms with Gasteiger partial charge >= 0.3 is 0 Å². The summed E-state index contributed by atoms with van der Waals surface area (Å²) in [5.41, 5.74) is 3.00. The van der Waals surface area contributed by atoms with Gasteiger partial charge in [0, 0.05) is 30.1 Å². The number of hydrogen-bond donors (Lipinski definition) is 1. The Balaban J connectivity index is 1.54. The van der Waals surface area contributed by atoms with Gasteiger partial charge in [-0.25, -0.2) is 0 Å². The van der Waals surface area contributed by atoms with Crippen LogP contribution in [-0.4, -0.2) is 29.8 Å². The number of para-hydroxylation sites is 1. The van der Waals surface area contributed by atoms with Gasteiger partial charge in [-0.05, 0) is 35.1 Å². The molecule has 122 valence electrons. The van der Waals surface area contributed by atoms with E-state index in [4.69, 9.17) is 0 Å². The molecule has 0 aliphatic carbocycles. The monoisotopic (exact) mass is 338 g/mol. The lowest BCUT2D eigenvalue weighted by atomic mass is 9.89. The number of rotatable bonds is 2. The fraction of sp³-hybridized carbons (Fsp3) is 0.263. The average Bonchev–Trinajstić information content (AvgIpc) is 3.15. The highest BCUT2D eigenvalue weighted by Crippen LogP contribution is 2.34. The van der Waals surface area contributed by atoms with Crippen LogP contribution in [0.25, 0.3) is 5.57 Å². The standard InChI is InChI=1S/C19H18N2O2S/c22-18-12-15(14-4-1-2-5-16(14)20-18)19(23)21-9-7-13(8-10-21)17-6-3-11-24-17/h1-7,11,15H,8-10,12H2,(H,20,22). The number of carbonyl (C=O) groups is 2. The second kappa shape index (κ2) is 6.24. The first-order valence-electron chi connectivity index (χ1n) is 8.13. The van der Waals surface area contributed by atoms with Crippen molar-refractivity contribution < 1.29 is 9.59 Å². The van der Waals surface area contributed by atoms with E-state index in [9.17, 15) is 9.59 Å². The summed E-state index contributed by atoms with van der Waals surface area (Å²) in [5, 5.41) is 4.93. The van der Waals surface area contributed by atoms with Crippen LogP contribution < -0.4 is 5.32 Å². The smallest absolute Gasteiger partial charge is 0.231 e. The molecule has 1 atom stereocenters. The molecule has 0 radical (unpaired) electrons. The fourth-order valence-corrected chi connectivity index (χ4v) is 4.20. The number of fused-ring (bicyclic) bond motifs is 1. The first-order valence-corrected chi connectivity index (χ1v) is 9.01. The summed E-state index contributed by atoms with van der Waals surface area (Å²) in [7, 11) is 0. The average molecular weight is 338 g/mol. The van der Waals surface area contributed by atoms with Gasteiger partial charge < -0.3 is 10.2 Å². The molecule has 0 bridgehead atoms. The highest BCUT2D eigenvalue weighted by Gasteiger charge is 2.33. The van der Waals surface area contributed by atoms with E-state index in [0.717, 1.165) is 17.7 Å². The van der Waals surface area contributed by atoms with E-state index in [2.05, 4.69) is 28.9 Å². The molecule has 2 amide bonds. The number of nitrogens with zero attached hydrogens (tertiary/aromatic N) is 1. The third-order valence-electron chi connectivity index (χ3n) is 4.66. The van der Waals surface area contributed by atoms with Gasteiger partial charge in [-0.2, -0.15) is 0 Å². The van der Waals surface area contributed by atoms with E-state index in [1.54, 1.807) is 11.3 Å². The maximum Gasteiger partial charge on any atom is 0.231 e. The Morgan fingerprint density at radius 1 is 1.21 bits per heavy atom. The zero-order valence-corrected chi connectivity index (χ0v) is 14.0. The van der Waals surface area contributed by atoms with Crippen LogP contribution in [0.2, 0.25) is 0 Å². The number of nitrogens with one attached hydrogen (secondary N) is 1. The predicted octanol–water partition coefficient (Wildman–Crippen LogP) is 3.49. The molecule has 1 N–H and O–H groups in total. The van der Waals surface area contributed by atoms with Crippen molar-refractivity contribution in [3.05, 3.63) is 58.3 Å². The number of benzene rings is 1. The van der Waals surface area contributed by atoms with Crippen LogP contribution in [0.1, 0.15) is 29.2 Å². The van der Waals surface area contributed by atoms with Crippen molar-refractivity contribution in [2.45, 2.75) is 18.8 Å². The van der Waals surface area contributed by atoms with Gasteiger partial charge in [0.2, 0.25) is 11.8 Å². The lowest BCUT2D eigenvalue weighted by molar-refractivity contribution is -0.134. The van der Waals surface area contributed by atoms with Gasteiger partial charge in [0.15, 0.2) is 0 Å². The van der Waals surface area contributed by atoms with Crippen molar-refractivity contribution in [2.24, 2.45) is 0 Å². The van der Waals surface area contributed by atoms with E-state index in [1.807, 2.05) is 29.2 Å². The molecular weight excluding hydrogens is 320 g/mol. The van der Waals surface area contributed by atoms with Crippen molar-refractivity contribution in [2.75, 3.05) is 18.4 Å². The summed E-state index contributed by atoms with van der Waals surface area (Å²) < 4.78 is 0. The first kappa shape index (κ1) is 15.1. The number of amides is 2. The minimum absolute atomic E-state index is 0.0544. The van der Waals surface area contributed by atoms with Crippen LogP contribution in [-0.2, 0) is 9.59 Å². The van der Waals surface area contributed by atoms with Crippen molar-refractivity contribution in [1.29, 1.82) is 0 Å². The van der Waals surface area contributed by atoms with Crippen LogP contribution in [0.15, 0.2) is 47.9 Å². The Bertz CT molecular complexity index is 811. The van der Waals surface area contributed by atoms with Crippen molar-refractivity contribution in [3.63, 3.8) is 0 Å². The summed E-state index contributed by atoms with van der Waals surface area (Å²) in [5.74, 6) is -0.399. The maximum absolute atomic E-state index is 13.0. The van der Waals surface area contributed by atoms with Gasteiger partial charge in [-0.3, -0.25) is 9.59 Å². The minimum atomic E-state index is -0.369. The summed E-state index contributed by atoms with van der Waals surface area (Å²) in [6, 6.07) is 11.8. The molecule has 5 heteroatoms. The third-order valence-corrected chi connectivity index (χ3v) is 5.60. The fourth-order valence-electron chi connectivity index (χ4n) is 3.41. The third kappa shape index (κ3) is 2.76. The Morgan fingerprint density at radius 3 is 2.83 bits per heavy atom. The van der Waals surface area contributed by atoms with Crippen molar-refractivity contribution in [1.82, 2.24) is 4.90 Å². The number of anilines is 1. The van der Waals surface area contributed by atoms with Crippen LogP contribution in [0.3, 0.4) is 0 Å². The molecule has 3 heterocycles. The molecule has 1 aromatic heterocycles. The van der Waals surface area contributed by atoms with E-state index in [-0.39, 0.29) is 24.2 Å². The van der Waals surface area contributed by atoms with Gasteiger partial charge in [0.25, 0.3) is 0 Å². The summed E-state index contributed by atoms with van der Waals surface area (Å²) in [4.78, 5) is 28.1. The Kier molecular flexibility index (Phi) is 3.94. The summed E-state index contributed by atoms with van der Waals surface area (Å²) >= 11 is 1.73. The normalized spacial score (nSPS) is 20.2. The summed E-state index contributed by atoms with van der Waals surface area (Å²) in [6.45, 7) is 1.33. The van der Waals surface area contributed by atoms with Gasteiger partial charge in [0.1, 0.15) is 0 Å². The number of carbonyl (C=O) groups excluding carboxylic acids is 2. The second-order valence-electron chi connectivity index (χ2n) is 6.13. The molecule has 4 rings (SSSR count). The first-order chi connectivity index (χ1) is 11.7. The van der Waals surface area contributed by atoms with Crippen LogP contribution in [0, 0.1) is 0 Å². The molecule has 1 unspecified atom stereocenters. The van der Waals surface area contributed by atoms with E-state index >= 15 is 0 Å². The van der Waals surface area contributed by atoms with Crippen LogP contribution in [0.4, 0.5) is 5.69 Å². The molecule has 2 aliphatic rings. The van der Waals surface area contributed by atoms with Crippen molar-refractivity contribution in [3.8, 4) is 0 Å². The molecule has 0 saturated carbocycles. The molecule has 24 heavy (non-hydrogen) atoms. The van der Waals surface area contributed by atoms with Gasteiger partial charge in [-0.1, -0.05) is 30.3 Å². The van der Waals surface area contributed by atoms with Gasteiger partial charge in [-0.15, -0.1) is 11.3 Å². The Morgan fingerprint density at radius 2 is 2.08 bits per heavy atom. The largest absolute Gasteiger partial charge is 0.338 e. The maximum atomic E-state index is 13.0. The molecule has 2 aliphatic heterocycles. The zero-order chi connectivity index (χ0) is 16.5. The molecule has 0 saturated heterocycles. The number of hydrogen-bond acceptors (Lipinski definition) is 3.